The third-order valence-corrected chi connectivity index (χ3v) is 13.0. The zero-order valence-corrected chi connectivity index (χ0v) is 35.7. The minimum atomic E-state index is -1.83. The summed E-state index contributed by atoms with van der Waals surface area (Å²) in [5.41, 5.74) is 5.92. The van der Waals surface area contributed by atoms with Crippen molar-refractivity contribution in [2.75, 3.05) is 0 Å². The van der Waals surface area contributed by atoms with Crippen molar-refractivity contribution in [1.29, 1.82) is 0 Å². The van der Waals surface area contributed by atoms with E-state index in [1.54, 1.807) is 48.0 Å². The molecule has 0 saturated heterocycles. The molecule has 3 aromatic heterocycles. The minimum Gasteiger partial charge on any atom is -0.305 e. The summed E-state index contributed by atoms with van der Waals surface area (Å²) in [6.45, 7) is 10.4. The molecule has 0 spiro atoms. The van der Waals surface area contributed by atoms with E-state index in [0.29, 0.717) is 22.4 Å². The smallest absolute Gasteiger partial charge is 0.0799 e. The van der Waals surface area contributed by atoms with Gasteiger partial charge in [0.05, 0.1) is 8.07 Å². The van der Waals surface area contributed by atoms with Crippen molar-refractivity contribution in [2.24, 2.45) is 5.92 Å². The summed E-state index contributed by atoms with van der Waals surface area (Å²) in [6.07, 6.45) is 5.91. The van der Waals surface area contributed by atoms with E-state index < -0.39 is 26.7 Å². The van der Waals surface area contributed by atoms with Crippen molar-refractivity contribution in [3.05, 3.63) is 150 Å². The molecule has 0 N–H and O–H groups in total. The summed E-state index contributed by atoms with van der Waals surface area (Å²) in [7, 11) is -1.83. The summed E-state index contributed by atoms with van der Waals surface area (Å²) < 4.78 is 59.2. The zero-order valence-electron chi connectivity index (χ0n) is 36.5. The molecule has 279 valence electrons. The summed E-state index contributed by atoms with van der Waals surface area (Å²) in [6, 6.07) is 35.6. The topological polar surface area (TPSA) is 25.8 Å². The first-order valence-corrected chi connectivity index (χ1v) is 22.8. The quantitative estimate of drug-likeness (QED) is 0.112. The average molecular weight is 930 g/mol. The van der Waals surface area contributed by atoms with Gasteiger partial charge in [-0.15, -0.1) is 53.6 Å². The van der Waals surface area contributed by atoms with Gasteiger partial charge in [-0.2, -0.15) is 11.3 Å². The number of benzene rings is 4. The minimum absolute atomic E-state index is 0. The molecule has 0 unspecified atom stereocenters. The Morgan fingerprint density at radius 2 is 1.67 bits per heavy atom. The molecule has 2 nitrogen and oxygen atoms in total. The van der Waals surface area contributed by atoms with E-state index >= 15 is 0 Å². The molecule has 3 heterocycles. The second kappa shape index (κ2) is 17.8. The summed E-state index contributed by atoms with van der Waals surface area (Å²) in [5.74, 6) is -0.922. The fourth-order valence-electron chi connectivity index (χ4n) is 6.93. The Hall–Kier alpha value is -3.80. The number of hydrogen-bond acceptors (Lipinski definition) is 3. The van der Waals surface area contributed by atoms with Crippen molar-refractivity contribution in [3.63, 3.8) is 0 Å². The predicted octanol–water partition coefficient (Wildman–Crippen LogP) is 13.0. The standard InChI is InChI=1S/C27H28NS.C21H21FNSi.Ir/c1-18(2)21-11-12-22-23-9-6-10-24(27(23)29-26(22)17-21)25-16-20(13-14-28-25)15-19-7-4-3-5-8-19;1-24(2,3)21-15-23-20(17-9-11-19(22)12-10-17)14-18(21)13-16-7-5-4-6-8-16;/h6,9,11-14,16-19H,3-5,7-8,15H2,1-2H3;4-9,11-12,14-15H,13H2,1-3H3;/q2*-1;/i15D2,18D;13D2;. The molecule has 1 fully saturated rings. The largest absolute Gasteiger partial charge is 0.305 e. The normalized spacial score (nSPS) is 15.6. The van der Waals surface area contributed by atoms with E-state index in [2.05, 4.69) is 66.0 Å². The van der Waals surface area contributed by atoms with E-state index in [0.717, 1.165) is 68.0 Å². The van der Waals surface area contributed by atoms with Gasteiger partial charge >= 0.3 is 0 Å². The molecule has 1 saturated carbocycles. The zero-order chi connectivity index (χ0) is 41.5. The van der Waals surface area contributed by atoms with Crippen LogP contribution in [0.1, 0.15) is 81.0 Å². The van der Waals surface area contributed by atoms with Gasteiger partial charge in [0, 0.05) is 49.9 Å². The van der Waals surface area contributed by atoms with Gasteiger partial charge in [-0.25, -0.2) is 0 Å². The van der Waals surface area contributed by atoms with Gasteiger partial charge in [0.25, 0.3) is 0 Å². The maximum Gasteiger partial charge on any atom is 0.0799 e. The van der Waals surface area contributed by atoms with Gasteiger partial charge in [0.15, 0.2) is 0 Å². The third kappa shape index (κ3) is 9.52. The molecule has 0 bridgehead atoms. The molecule has 7 aromatic rings. The van der Waals surface area contributed by atoms with Crippen LogP contribution in [0.5, 0.6) is 0 Å². The van der Waals surface area contributed by atoms with E-state index in [-0.39, 0.29) is 31.8 Å². The number of pyridine rings is 2. The molecule has 0 aliphatic heterocycles. The van der Waals surface area contributed by atoms with Crippen molar-refractivity contribution < 1.29 is 31.3 Å². The summed E-state index contributed by atoms with van der Waals surface area (Å²) in [5, 5.41) is 3.33. The van der Waals surface area contributed by atoms with E-state index in [1.807, 2.05) is 50.2 Å². The molecular formula is C48H49FIrN2SSi-2. The Labute approximate surface area is 346 Å². The SMILES string of the molecule is [2H]C(C)(C)c1ccc2c(c1)sc1c(-c3cc(C([2H])([2H])C4CCCCC4)ccn3)[c-]ccc12.[2H]C([2H])(c1ccccc1)c1cc(-c2[c-]cc(F)cc2)ncc1[Si](C)(C)C.[Ir]. The van der Waals surface area contributed by atoms with E-state index in [1.165, 1.54) is 23.9 Å². The molecule has 0 atom stereocenters. The molecule has 54 heavy (non-hydrogen) atoms. The van der Waals surface area contributed by atoms with Gasteiger partial charge in [-0.05, 0) is 74.5 Å². The van der Waals surface area contributed by atoms with E-state index in [4.69, 9.17) is 6.85 Å². The van der Waals surface area contributed by atoms with Crippen LogP contribution in [0.15, 0.2) is 109 Å². The third-order valence-electron chi connectivity index (χ3n) is 9.82. The van der Waals surface area contributed by atoms with Gasteiger partial charge in [0.1, 0.15) is 0 Å². The Balaban J connectivity index is 0.000000199. The van der Waals surface area contributed by atoms with Crippen molar-refractivity contribution >= 4 is 44.8 Å². The second-order valence-corrected chi connectivity index (χ2v) is 21.2. The molecule has 1 aliphatic carbocycles. The van der Waals surface area contributed by atoms with Crippen LogP contribution in [0.3, 0.4) is 0 Å². The first kappa shape index (κ1) is 33.5. The number of aromatic nitrogens is 2. The van der Waals surface area contributed by atoms with Crippen LogP contribution >= 0.6 is 11.3 Å². The van der Waals surface area contributed by atoms with Gasteiger partial charge in [0.2, 0.25) is 0 Å². The average Bonchev–Trinajstić information content (AvgIpc) is 3.60. The second-order valence-electron chi connectivity index (χ2n) is 15.1. The predicted molar refractivity (Wildman–Crippen MR) is 226 cm³/mol. The number of hydrogen-bond donors (Lipinski definition) is 0. The molecule has 4 aromatic carbocycles. The molecule has 8 rings (SSSR count). The Morgan fingerprint density at radius 3 is 2.39 bits per heavy atom. The van der Waals surface area contributed by atoms with Gasteiger partial charge in [-0.1, -0.05) is 137 Å². The molecule has 0 amide bonds. The van der Waals surface area contributed by atoms with Crippen LogP contribution < -0.4 is 5.19 Å². The van der Waals surface area contributed by atoms with Crippen LogP contribution in [-0.4, -0.2) is 18.0 Å². The Bertz CT molecular complexity index is 2540. The first-order chi connectivity index (χ1) is 27.4. The monoisotopic (exact) mass is 930 g/mol. The van der Waals surface area contributed by atoms with Crippen LogP contribution in [0.25, 0.3) is 42.7 Å². The molecular weight excluding hydrogens is 876 g/mol. The fourth-order valence-corrected chi connectivity index (χ4v) is 9.57. The van der Waals surface area contributed by atoms with Crippen molar-refractivity contribution in [3.8, 4) is 22.5 Å². The number of fused-ring (bicyclic) bond motifs is 3. The Morgan fingerprint density at radius 1 is 0.870 bits per heavy atom. The number of nitrogens with zero attached hydrogens (tertiary/aromatic N) is 2. The van der Waals surface area contributed by atoms with Crippen molar-refractivity contribution in [2.45, 2.75) is 84.2 Å². The van der Waals surface area contributed by atoms with Gasteiger partial charge in [-0.3, -0.25) is 4.39 Å². The number of thiophene rings is 1. The van der Waals surface area contributed by atoms with Crippen LogP contribution in [0, 0.1) is 23.9 Å². The Kier molecular flexibility index (Phi) is 11.0. The van der Waals surface area contributed by atoms with E-state index in [9.17, 15) is 4.39 Å². The molecule has 1 aliphatic rings. The van der Waals surface area contributed by atoms with Crippen LogP contribution in [-0.2, 0) is 32.9 Å². The fraction of sp³-hybridized carbons (Fsp3) is 0.292. The first-order valence-electron chi connectivity index (χ1n) is 21.0. The van der Waals surface area contributed by atoms with Crippen LogP contribution in [0.2, 0.25) is 19.6 Å². The van der Waals surface area contributed by atoms with Gasteiger partial charge < -0.3 is 9.97 Å². The molecule has 1 radical (unpaired) electrons. The maximum absolute atomic E-state index is 13.2. The molecule has 6 heteroatoms. The number of halogens is 1. The van der Waals surface area contributed by atoms with Crippen molar-refractivity contribution in [1.82, 2.24) is 9.97 Å². The maximum atomic E-state index is 13.2. The summed E-state index contributed by atoms with van der Waals surface area (Å²) >= 11 is 1.71. The van der Waals surface area contributed by atoms with Crippen LogP contribution in [0.4, 0.5) is 4.39 Å². The number of rotatable bonds is 8. The summed E-state index contributed by atoms with van der Waals surface area (Å²) in [4.78, 5) is 9.15.